The molecule has 0 N–H and O–H groups in total. The molecule has 0 aliphatic heterocycles. The molecule has 0 saturated carbocycles. The first-order valence-corrected chi connectivity index (χ1v) is 20.0. The Labute approximate surface area is 349 Å². The van der Waals surface area contributed by atoms with E-state index in [1.54, 1.807) is 0 Å². The van der Waals surface area contributed by atoms with Gasteiger partial charge in [0.2, 0.25) is 0 Å². The van der Waals surface area contributed by atoms with E-state index in [2.05, 4.69) is 140 Å². The second-order valence-corrected chi connectivity index (χ2v) is 14.5. The van der Waals surface area contributed by atoms with Crippen LogP contribution >= 0.6 is 0 Å². The molecule has 0 spiro atoms. The molecule has 5 heteroatoms. The first kappa shape index (κ1) is 36.2. The van der Waals surface area contributed by atoms with Gasteiger partial charge in [0.1, 0.15) is 0 Å². The van der Waals surface area contributed by atoms with E-state index in [9.17, 15) is 0 Å². The molecule has 10 rings (SSSR count). The molecule has 5 nitrogen and oxygen atoms in total. The molecule has 0 amide bonds. The minimum atomic E-state index is 0.613. The Kier molecular flexibility index (Phi) is 9.88. The van der Waals surface area contributed by atoms with Crippen LogP contribution in [0.15, 0.2) is 224 Å². The lowest BCUT2D eigenvalue weighted by atomic mass is 9.96. The van der Waals surface area contributed by atoms with Crippen LogP contribution in [0.1, 0.15) is 0 Å². The highest BCUT2D eigenvalue weighted by Crippen LogP contribution is 2.36. The van der Waals surface area contributed by atoms with Crippen molar-refractivity contribution in [1.29, 1.82) is 0 Å². The van der Waals surface area contributed by atoms with E-state index in [1.165, 1.54) is 11.1 Å². The maximum atomic E-state index is 5.29. The average molecular weight is 768 g/mol. The zero-order valence-corrected chi connectivity index (χ0v) is 32.6. The Morgan fingerprint density at radius 2 is 0.550 bits per heavy atom. The van der Waals surface area contributed by atoms with Crippen molar-refractivity contribution in [2.75, 3.05) is 0 Å². The van der Waals surface area contributed by atoms with Gasteiger partial charge in [-0.25, -0.2) is 24.9 Å². The Hall–Kier alpha value is -8.15. The quantitative estimate of drug-likeness (QED) is 0.146. The molecule has 10 aromatic rings. The molecule has 8 aromatic carbocycles. The Bertz CT molecular complexity index is 3000. The van der Waals surface area contributed by atoms with Crippen molar-refractivity contribution >= 4 is 0 Å². The van der Waals surface area contributed by atoms with Crippen LogP contribution in [-0.4, -0.2) is 24.9 Å². The fourth-order valence-electron chi connectivity index (χ4n) is 7.51. The van der Waals surface area contributed by atoms with Crippen molar-refractivity contribution in [2.24, 2.45) is 0 Å². The van der Waals surface area contributed by atoms with Crippen LogP contribution in [0.4, 0.5) is 0 Å². The van der Waals surface area contributed by atoms with Gasteiger partial charge in [-0.1, -0.05) is 206 Å². The number of aromatic nitrogens is 5. The third kappa shape index (κ3) is 7.63. The van der Waals surface area contributed by atoms with Gasteiger partial charge in [-0.3, -0.25) is 0 Å². The van der Waals surface area contributed by atoms with Gasteiger partial charge < -0.3 is 0 Å². The van der Waals surface area contributed by atoms with E-state index in [0.717, 1.165) is 67.0 Å². The zero-order chi connectivity index (χ0) is 40.1. The Morgan fingerprint density at radius 1 is 0.183 bits per heavy atom. The smallest absolute Gasteiger partial charge is 0.164 e. The summed E-state index contributed by atoms with van der Waals surface area (Å²) < 4.78 is 0. The summed E-state index contributed by atoms with van der Waals surface area (Å²) in [6.07, 6.45) is 0. The molecule has 2 aromatic heterocycles. The van der Waals surface area contributed by atoms with Crippen molar-refractivity contribution in [2.45, 2.75) is 0 Å². The van der Waals surface area contributed by atoms with Gasteiger partial charge >= 0.3 is 0 Å². The monoisotopic (exact) mass is 767 g/mol. The molecule has 0 radical (unpaired) electrons. The van der Waals surface area contributed by atoms with E-state index in [4.69, 9.17) is 24.9 Å². The van der Waals surface area contributed by atoms with Gasteiger partial charge in [-0.2, -0.15) is 0 Å². The Morgan fingerprint density at radius 3 is 1.12 bits per heavy atom. The van der Waals surface area contributed by atoms with Crippen LogP contribution in [0, 0.1) is 0 Å². The third-order valence-corrected chi connectivity index (χ3v) is 10.6. The maximum Gasteiger partial charge on any atom is 0.164 e. The summed E-state index contributed by atoms with van der Waals surface area (Å²) >= 11 is 0. The number of nitrogens with zero attached hydrogens (tertiary/aromatic N) is 5. The van der Waals surface area contributed by atoms with Crippen molar-refractivity contribution in [3.05, 3.63) is 224 Å². The fraction of sp³-hybridized carbons (Fsp3) is 0. The van der Waals surface area contributed by atoms with Gasteiger partial charge in [0.05, 0.1) is 11.4 Å². The molecular formula is C55H37N5. The average Bonchev–Trinajstić information content (AvgIpc) is 3.35. The van der Waals surface area contributed by atoms with E-state index in [1.807, 2.05) is 84.9 Å². The standard InChI is InChI=1S/C55H37N5/c1-5-17-38(18-6-1)39-31-33-40(34-32-39)48-29-13-14-30-49(48)55-56-50(41-19-7-2-8-20-41)37-51(57-55)46-27-15-25-44(35-46)45-26-16-28-47(36-45)54-59-52(42-21-9-3-10-22-42)58-53(60-54)43-23-11-4-12-24-43/h1-37H. The maximum absolute atomic E-state index is 5.29. The van der Waals surface area contributed by atoms with E-state index in [0.29, 0.717) is 23.3 Å². The SMILES string of the molecule is c1ccc(-c2ccc(-c3ccccc3-c3nc(-c4ccccc4)cc(-c4cccc(-c5cccc(-c6nc(-c7ccccc7)nc(-c7ccccc7)n6)c5)c4)n3)cc2)cc1. The van der Waals surface area contributed by atoms with Crippen molar-refractivity contribution in [3.8, 4) is 101 Å². The number of hydrogen-bond donors (Lipinski definition) is 0. The largest absolute Gasteiger partial charge is 0.228 e. The van der Waals surface area contributed by atoms with Crippen LogP contribution in [0.25, 0.3) is 101 Å². The van der Waals surface area contributed by atoms with Gasteiger partial charge in [0.15, 0.2) is 23.3 Å². The lowest BCUT2D eigenvalue weighted by Crippen LogP contribution is -2.00. The summed E-state index contributed by atoms with van der Waals surface area (Å²) in [6, 6.07) is 77.0. The van der Waals surface area contributed by atoms with E-state index >= 15 is 0 Å². The molecule has 0 aliphatic carbocycles. The fourth-order valence-corrected chi connectivity index (χ4v) is 7.51. The molecule has 0 bridgehead atoms. The number of benzene rings is 8. The van der Waals surface area contributed by atoms with E-state index in [-0.39, 0.29) is 0 Å². The van der Waals surface area contributed by atoms with Crippen molar-refractivity contribution < 1.29 is 0 Å². The normalized spacial score (nSPS) is 11.0. The molecule has 0 atom stereocenters. The topological polar surface area (TPSA) is 64.5 Å². The highest BCUT2D eigenvalue weighted by molar-refractivity contribution is 5.84. The minimum absolute atomic E-state index is 0.613. The summed E-state index contributed by atoms with van der Waals surface area (Å²) in [4.78, 5) is 25.3. The predicted molar refractivity (Wildman–Crippen MR) is 244 cm³/mol. The first-order valence-electron chi connectivity index (χ1n) is 20.0. The summed E-state index contributed by atoms with van der Waals surface area (Å²) in [5.41, 5.74) is 14.1. The molecule has 0 unspecified atom stereocenters. The molecule has 2 heterocycles. The van der Waals surface area contributed by atoms with E-state index < -0.39 is 0 Å². The molecule has 0 fully saturated rings. The van der Waals surface area contributed by atoms with Crippen LogP contribution < -0.4 is 0 Å². The number of rotatable bonds is 9. The van der Waals surface area contributed by atoms with Crippen LogP contribution in [0.5, 0.6) is 0 Å². The highest BCUT2D eigenvalue weighted by Gasteiger charge is 2.17. The van der Waals surface area contributed by atoms with Crippen LogP contribution in [0.2, 0.25) is 0 Å². The number of hydrogen-bond acceptors (Lipinski definition) is 5. The summed E-state index contributed by atoms with van der Waals surface area (Å²) in [7, 11) is 0. The summed E-state index contributed by atoms with van der Waals surface area (Å²) in [6.45, 7) is 0. The molecule has 60 heavy (non-hydrogen) atoms. The second kappa shape index (κ2) is 16.4. The van der Waals surface area contributed by atoms with Gasteiger partial charge in [-0.05, 0) is 51.6 Å². The lowest BCUT2D eigenvalue weighted by Gasteiger charge is -2.14. The Balaban J connectivity index is 1.04. The molecule has 0 saturated heterocycles. The second-order valence-electron chi connectivity index (χ2n) is 14.5. The molecule has 282 valence electrons. The summed E-state index contributed by atoms with van der Waals surface area (Å²) in [5.74, 6) is 2.54. The molecular weight excluding hydrogens is 731 g/mol. The summed E-state index contributed by atoms with van der Waals surface area (Å²) in [5, 5.41) is 0. The lowest BCUT2D eigenvalue weighted by molar-refractivity contribution is 1.07. The highest BCUT2D eigenvalue weighted by atomic mass is 15.0. The van der Waals surface area contributed by atoms with Crippen molar-refractivity contribution in [3.63, 3.8) is 0 Å². The van der Waals surface area contributed by atoms with Crippen LogP contribution in [0.3, 0.4) is 0 Å². The van der Waals surface area contributed by atoms with Gasteiger partial charge in [0, 0.05) is 33.4 Å². The zero-order valence-electron chi connectivity index (χ0n) is 32.6. The van der Waals surface area contributed by atoms with Crippen LogP contribution in [-0.2, 0) is 0 Å². The van der Waals surface area contributed by atoms with Crippen molar-refractivity contribution in [1.82, 2.24) is 24.9 Å². The third-order valence-electron chi connectivity index (χ3n) is 10.6. The predicted octanol–water partition coefficient (Wildman–Crippen LogP) is 13.7. The first-order chi connectivity index (χ1) is 29.7. The van der Waals surface area contributed by atoms with Gasteiger partial charge in [-0.15, -0.1) is 0 Å². The van der Waals surface area contributed by atoms with Gasteiger partial charge in [0.25, 0.3) is 0 Å². The minimum Gasteiger partial charge on any atom is -0.228 e. The molecule has 0 aliphatic rings.